The van der Waals surface area contributed by atoms with Crippen molar-refractivity contribution in [3.8, 4) is 5.75 Å². The molecule has 1 atom stereocenters. The van der Waals surface area contributed by atoms with Crippen LogP contribution in [-0.4, -0.2) is 32.3 Å². The van der Waals surface area contributed by atoms with E-state index in [9.17, 15) is 4.79 Å². The van der Waals surface area contributed by atoms with Crippen LogP contribution in [0, 0.1) is 0 Å². The van der Waals surface area contributed by atoms with Crippen molar-refractivity contribution in [3.63, 3.8) is 0 Å². The average Bonchev–Trinajstić information content (AvgIpc) is 2.36. The molecule has 1 amide bonds. The van der Waals surface area contributed by atoms with Gasteiger partial charge in [0.25, 0.3) is 0 Å². The monoisotopic (exact) mass is 288 g/mol. The minimum atomic E-state index is -0.250. The second kappa shape index (κ2) is 9.61. The smallest absolute Gasteiger partial charge is 0.227 e. The molecule has 108 valence electrons. The van der Waals surface area contributed by atoms with Crippen LogP contribution in [0.25, 0.3) is 0 Å². The summed E-state index contributed by atoms with van der Waals surface area (Å²) in [6.45, 7) is 2.83. The van der Waals surface area contributed by atoms with Gasteiger partial charge in [-0.3, -0.25) is 4.79 Å². The molecule has 0 aliphatic heterocycles. The Morgan fingerprint density at radius 3 is 2.79 bits per heavy atom. The number of nitrogens with one attached hydrogen (secondary N) is 1. The molecule has 0 saturated carbocycles. The van der Waals surface area contributed by atoms with Crippen LogP contribution in [-0.2, 0) is 9.53 Å². The molecule has 0 aliphatic rings. The lowest BCUT2D eigenvalue weighted by Crippen LogP contribution is -2.28. The molecule has 3 N–H and O–H groups in total. The molecule has 19 heavy (non-hydrogen) atoms. The number of ether oxygens (including phenoxy) is 2. The fraction of sp³-hybridized carbons (Fsp3) is 0.462. The molecule has 0 fully saturated rings. The lowest BCUT2D eigenvalue weighted by molar-refractivity contribution is -0.118. The molecule has 0 radical (unpaired) electrons. The van der Waals surface area contributed by atoms with Crippen LogP contribution < -0.4 is 15.8 Å². The van der Waals surface area contributed by atoms with Gasteiger partial charge < -0.3 is 20.5 Å². The molecule has 5 nitrogen and oxygen atoms in total. The van der Waals surface area contributed by atoms with Crippen molar-refractivity contribution in [3.05, 3.63) is 24.3 Å². The number of methoxy groups -OCH3 is 1. The van der Waals surface area contributed by atoms with Gasteiger partial charge in [-0.15, -0.1) is 12.4 Å². The zero-order chi connectivity index (χ0) is 13.4. The fourth-order valence-corrected chi connectivity index (χ4v) is 1.51. The van der Waals surface area contributed by atoms with E-state index in [0.29, 0.717) is 18.8 Å². The summed E-state index contributed by atoms with van der Waals surface area (Å²) in [7, 11) is 1.54. The molecular weight excluding hydrogens is 268 g/mol. The van der Waals surface area contributed by atoms with E-state index in [0.717, 1.165) is 5.75 Å². The number of carbonyl (C=O) groups is 1. The largest absolute Gasteiger partial charge is 0.494 e. The molecular formula is C13H21ClN2O3. The minimum Gasteiger partial charge on any atom is -0.494 e. The number of benzene rings is 1. The molecule has 1 aromatic carbocycles. The summed E-state index contributed by atoms with van der Waals surface area (Å²) in [5, 5.41) is 2.79. The Bertz CT molecular complexity index is 384. The summed E-state index contributed by atoms with van der Waals surface area (Å²) >= 11 is 0. The Balaban J connectivity index is 0.00000324. The van der Waals surface area contributed by atoms with Gasteiger partial charge in [0.05, 0.1) is 19.1 Å². The summed E-state index contributed by atoms with van der Waals surface area (Å²) in [5.74, 6) is 0.610. The number of halogens is 1. The van der Waals surface area contributed by atoms with Crippen molar-refractivity contribution in [1.29, 1.82) is 0 Å². The number of hydrogen-bond donors (Lipinski definition) is 2. The topological polar surface area (TPSA) is 73.6 Å². The molecule has 1 aromatic rings. The van der Waals surface area contributed by atoms with E-state index in [-0.39, 0.29) is 30.8 Å². The lowest BCUT2D eigenvalue weighted by Gasteiger charge is -2.13. The number of rotatable bonds is 7. The van der Waals surface area contributed by atoms with Gasteiger partial charge in [-0.05, 0) is 19.1 Å². The number of carbonyl (C=O) groups excluding carboxylic acids is 1. The van der Waals surface area contributed by atoms with Crippen molar-refractivity contribution in [1.82, 2.24) is 0 Å². The van der Waals surface area contributed by atoms with E-state index in [4.69, 9.17) is 15.2 Å². The highest BCUT2D eigenvalue weighted by Crippen LogP contribution is 2.17. The molecule has 0 aromatic heterocycles. The van der Waals surface area contributed by atoms with E-state index in [1.54, 1.807) is 13.2 Å². The van der Waals surface area contributed by atoms with Gasteiger partial charge in [0, 0.05) is 25.4 Å². The number of amides is 1. The number of hydrogen-bond acceptors (Lipinski definition) is 4. The van der Waals surface area contributed by atoms with Crippen molar-refractivity contribution < 1.29 is 14.3 Å². The van der Waals surface area contributed by atoms with Crippen molar-refractivity contribution in [2.75, 3.05) is 25.6 Å². The first-order chi connectivity index (χ1) is 8.69. The van der Waals surface area contributed by atoms with Gasteiger partial charge in [0.15, 0.2) is 0 Å². The molecule has 6 heteroatoms. The van der Waals surface area contributed by atoms with Crippen LogP contribution in [0.3, 0.4) is 0 Å². The molecule has 0 saturated heterocycles. The Labute approximate surface area is 119 Å². The Kier molecular flexibility index (Phi) is 8.95. The fourth-order valence-electron chi connectivity index (χ4n) is 1.51. The van der Waals surface area contributed by atoms with Crippen molar-refractivity contribution >= 4 is 24.0 Å². The van der Waals surface area contributed by atoms with E-state index >= 15 is 0 Å². The molecule has 0 heterocycles. The Morgan fingerprint density at radius 1 is 1.47 bits per heavy atom. The van der Waals surface area contributed by atoms with Gasteiger partial charge in [0.1, 0.15) is 5.75 Å². The van der Waals surface area contributed by atoms with Crippen LogP contribution in [0.1, 0.15) is 13.3 Å². The van der Waals surface area contributed by atoms with Crippen LogP contribution >= 0.6 is 12.4 Å². The molecule has 1 unspecified atom stereocenters. The molecule has 0 bridgehead atoms. The maximum atomic E-state index is 11.7. The highest BCUT2D eigenvalue weighted by atomic mass is 35.5. The summed E-state index contributed by atoms with van der Waals surface area (Å²) < 4.78 is 10.4. The third kappa shape index (κ3) is 6.42. The predicted molar refractivity (Wildman–Crippen MR) is 78.0 cm³/mol. The summed E-state index contributed by atoms with van der Waals surface area (Å²) in [6.07, 6.45) is -0.00800. The molecule has 0 aliphatic carbocycles. The normalized spacial score (nSPS) is 11.3. The maximum absolute atomic E-state index is 11.7. The van der Waals surface area contributed by atoms with Crippen molar-refractivity contribution in [2.45, 2.75) is 19.4 Å². The van der Waals surface area contributed by atoms with Crippen molar-refractivity contribution in [2.24, 2.45) is 5.73 Å². The Hall–Kier alpha value is -1.30. The highest BCUT2D eigenvalue weighted by molar-refractivity contribution is 5.91. The van der Waals surface area contributed by atoms with Gasteiger partial charge in [-0.2, -0.15) is 0 Å². The predicted octanol–water partition coefficient (Wildman–Crippen LogP) is 1.81. The van der Waals surface area contributed by atoms with Gasteiger partial charge in [-0.25, -0.2) is 0 Å². The third-order valence-corrected chi connectivity index (χ3v) is 2.44. The first kappa shape index (κ1) is 17.7. The quantitative estimate of drug-likeness (QED) is 0.802. The standard InChI is InChI=1S/C13H20N2O3.ClH/c1-3-18-11-6-4-5-10(7-11)15-13(16)8-12(9-14)17-2;/h4-7,12H,3,8-9,14H2,1-2H3,(H,15,16);1H. The average molecular weight is 289 g/mol. The van der Waals surface area contributed by atoms with Gasteiger partial charge in [-0.1, -0.05) is 6.07 Å². The second-order valence-electron chi connectivity index (χ2n) is 3.81. The SMILES string of the molecule is CCOc1cccc(NC(=O)CC(CN)OC)c1.Cl. The third-order valence-electron chi connectivity index (χ3n) is 2.44. The number of nitrogens with two attached hydrogens (primary N) is 1. The maximum Gasteiger partial charge on any atom is 0.227 e. The summed E-state index contributed by atoms with van der Waals surface area (Å²) in [5.41, 5.74) is 6.17. The van der Waals surface area contributed by atoms with E-state index in [2.05, 4.69) is 5.32 Å². The van der Waals surface area contributed by atoms with E-state index < -0.39 is 0 Å². The van der Waals surface area contributed by atoms with E-state index in [1.165, 1.54) is 0 Å². The molecule has 0 spiro atoms. The number of anilines is 1. The van der Waals surface area contributed by atoms with Gasteiger partial charge >= 0.3 is 0 Å². The summed E-state index contributed by atoms with van der Waals surface area (Å²) in [6, 6.07) is 7.27. The molecule has 1 rings (SSSR count). The first-order valence-electron chi connectivity index (χ1n) is 5.95. The van der Waals surface area contributed by atoms with Gasteiger partial charge in [0.2, 0.25) is 5.91 Å². The zero-order valence-corrected chi connectivity index (χ0v) is 12.0. The van der Waals surface area contributed by atoms with Crippen LogP contribution in [0.15, 0.2) is 24.3 Å². The second-order valence-corrected chi connectivity index (χ2v) is 3.81. The highest BCUT2D eigenvalue weighted by Gasteiger charge is 2.11. The van der Waals surface area contributed by atoms with Crippen LogP contribution in [0.5, 0.6) is 5.75 Å². The van der Waals surface area contributed by atoms with Crippen LogP contribution in [0.2, 0.25) is 0 Å². The van der Waals surface area contributed by atoms with Crippen LogP contribution in [0.4, 0.5) is 5.69 Å². The minimum absolute atomic E-state index is 0. The van der Waals surface area contributed by atoms with E-state index in [1.807, 2.05) is 25.1 Å². The lowest BCUT2D eigenvalue weighted by atomic mass is 10.2. The first-order valence-corrected chi connectivity index (χ1v) is 5.95. The zero-order valence-electron chi connectivity index (χ0n) is 11.2. The Morgan fingerprint density at radius 2 is 2.21 bits per heavy atom. The summed E-state index contributed by atoms with van der Waals surface area (Å²) in [4.78, 5) is 11.7.